The molecule has 1 aromatic carbocycles. The largest absolute Gasteiger partial charge is 0.325 e. The first-order valence-corrected chi connectivity index (χ1v) is 4.68. The Balaban J connectivity index is 2.58. The summed E-state index contributed by atoms with van der Waals surface area (Å²) in [5.41, 5.74) is 0.731. The predicted octanol–water partition coefficient (Wildman–Crippen LogP) is 1.86. The summed E-state index contributed by atoms with van der Waals surface area (Å²) in [6, 6.07) is 10.2. The number of carbonyl (C=O) groups excluding carboxylic acids is 1. The minimum Gasteiger partial charge on any atom is -0.325 e. The van der Waals surface area contributed by atoms with Gasteiger partial charge in [-0.3, -0.25) is 4.79 Å². The molecule has 1 radical (unpaired) electrons. The van der Waals surface area contributed by atoms with Crippen LogP contribution in [0.2, 0.25) is 0 Å². The maximum Gasteiger partial charge on any atom is 0.234 e. The van der Waals surface area contributed by atoms with Gasteiger partial charge in [-0.05, 0) is 6.07 Å². The zero-order valence-electron chi connectivity index (χ0n) is 5.80. The molecule has 0 saturated heterocycles. The number of halogens is 1. The highest BCUT2D eigenvalue weighted by molar-refractivity contribution is 14.1. The third-order valence-corrected chi connectivity index (χ3v) is 1.80. The van der Waals surface area contributed by atoms with Crippen molar-refractivity contribution in [3.8, 4) is 0 Å². The molecule has 0 fully saturated rings. The van der Waals surface area contributed by atoms with E-state index in [1.165, 1.54) is 0 Å². The van der Waals surface area contributed by atoms with E-state index in [1.54, 1.807) is 6.07 Å². The van der Waals surface area contributed by atoms with Crippen LogP contribution in [0.5, 0.6) is 0 Å². The number of hydrogen-bond donors (Lipinski definition) is 1. The molecule has 0 bridgehead atoms. The number of carbonyl (C=O) groups is 1. The van der Waals surface area contributed by atoms with E-state index >= 15 is 0 Å². The minimum atomic E-state index is 0.00745. The molecule has 1 rings (SSSR count). The number of anilines is 1. The second-order valence-electron chi connectivity index (χ2n) is 1.96. The average Bonchev–Trinajstić information content (AvgIpc) is 2.06. The quantitative estimate of drug-likeness (QED) is 0.638. The Labute approximate surface area is 79.1 Å². The summed E-state index contributed by atoms with van der Waals surface area (Å²) in [5.74, 6) is 0.00745. The number of para-hydroxylation sites is 1. The number of hydrogen-bond acceptors (Lipinski definition) is 1. The standard InChI is InChI=1S/C8H7INO/c9-6-8(11)10-7-4-2-1-3-5-7/h1-4H,6H2,(H,10,11). The normalized spacial score (nSPS) is 9.18. The van der Waals surface area contributed by atoms with Gasteiger partial charge < -0.3 is 5.32 Å². The van der Waals surface area contributed by atoms with Crippen molar-refractivity contribution in [2.45, 2.75) is 0 Å². The molecule has 57 valence electrons. The number of alkyl halides is 1. The molecule has 1 amide bonds. The summed E-state index contributed by atoms with van der Waals surface area (Å²) in [4.78, 5) is 10.8. The van der Waals surface area contributed by atoms with Gasteiger partial charge in [-0.1, -0.05) is 40.8 Å². The molecule has 0 aliphatic rings. The van der Waals surface area contributed by atoms with Crippen LogP contribution in [0.3, 0.4) is 0 Å². The summed E-state index contributed by atoms with van der Waals surface area (Å²) in [6.45, 7) is 0. The van der Waals surface area contributed by atoms with Crippen LogP contribution in [-0.2, 0) is 4.79 Å². The van der Waals surface area contributed by atoms with Gasteiger partial charge in [0.15, 0.2) is 0 Å². The fraction of sp³-hybridized carbons (Fsp3) is 0.125. The first-order chi connectivity index (χ1) is 5.33. The SMILES string of the molecule is O=C(CI)Nc1[c]cccc1. The van der Waals surface area contributed by atoms with Crippen molar-refractivity contribution >= 4 is 34.2 Å². The molecule has 1 aromatic rings. The third-order valence-electron chi connectivity index (χ3n) is 1.10. The number of nitrogens with one attached hydrogen (secondary N) is 1. The van der Waals surface area contributed by atoms with Crippen molar-refractivity contribution in [3.05, 3.63) is 30.3 Å². The maximum absolute atomic E-state index is 10.8. The van der Waals surface area contributed by atoms with Crippen LogP contribution >= 0.6 is 22.6 Å². The molecular weight excluding hydrogens is 253 g/mol. The average molecular weight is 260 g/mol. The van der Waals surface area contributed by atoms with Crippen LogP contribution in [0.15, 0.2) is 24.3 Å². The number of rotatable bonds is 2. The van der Waals surface area contributed by atoms with Gasteiger partial charge >= 0.3 is 0 Å². The van der Waals surface area contributed by atoms with Gasteiger partial charge in [0.05, 0.1) is 4.43 Å². The van der Waals surface area contributed by atoms with Crippen LogP contribution < -0.4 is 5.32 Å². The van der Waals surface area contributed by atoms with E-state index < -0.39 is 0 Å². The molecule has 0 spiro atoms. The van der Waals surface area contributed by atoms with E-state index in [2.05, 4.69) is 11.4 Å². The molecule has 0 aromatic heterocycles. The van der Waals surface area contributed by atoms with Crippen LogP contribution in [0.4, 0.5) is 5.69 Å². The molecule has 2 nitrogen and oxygen atoms in total. The monoisotopic (exact) mass is 260 g/mol. The predicted molar refractivity (Wildman–Crippen MR) is 52.8 cm³/mol. The molecule has 0 heterocycles. The van der Waals surface area contributed by atoms with Gasteiger partial charge in [-0.25, -0.2) is 0 Å². The van der Waals surface area contributed by atoms with Gasteiger partial charge in [0.25, 0.3) is 0 Å². The Hall–Kier alpha value is -0.580. The lowest BCUT2D eigenvalue weighted by Crippen LogP contribution is -2.11. The van der Waals surface area contributed by atoms with Crippen molar-refractivity contribution in [1.29, 1.82) is 0 Å². The highest BCUT2D eigenvalue weighted by atomic mass is 127. The maximum atomic E-state index is 10.8. The summed E-state index contributed by atoms with van der Waals surface area (Å²) < 4.78 is 0.473. The van der Waals surface area contributed by atoms with E-state index in [-0.39, 0.29) is 5.91 Å². The zero-order chi connectivity index (χ0) is 8.10. The lowest BCUT2D eigenvalue weighted by molar-refractivity contribution is -0.113. The van der Waals surface area contributed by atoms with E-state index in [0.717, 1.165) is 5.69 Å². The second-order valence-corrected chi connectivity index (χ2v) is 2.72. The Bertz CT molecular complexity index is 235. The molecule has 0 unspecified atom stereocenters. The minimum absolute atomic E-state index is 0.00745. The van der Waals surface area contributed by atoms with Crippen LogP contribution in [0.25, 0.3) is 0 Å². The summed E-state index contributed by atoms with van der Waals surface area (Å²) >= 11 is 2.01. The second kappa shape index (κ2) is 4.33. The molecule has 0 atom stereocenters. The fourth-order valence-electron chi connectivity index (χ4n) is 0.655. The summed E-state index contributed by atoms with van der Waals surface area (Å²) in [5, 5.41) is 2.69. The topological polar surface area (TPSA) is 29.1 Å². The Morgan fingerprint density at radius 2 is 2.45 bits per heavy atom. The van der Waals surface area contributed by atoms with Gasteiger partial charge in [-0.15, -0.1) is 0 Å². The fourth-order valence-corrected chi connectivity index (χ4v) is 0.845. The van der Waals surface area contributed by atoms with Crippen molar-refractivity contribution in [2.75, 3.05) is 9.74 Å². The summed E-state index contributed by atoms with van der Waals surface area (Å²) in [7, 11) is 0. The first kappa shape index (κ1) is 8.52. The first-order valence-electron chi connectivity index (χ1n) is 3.15. The molecule has 11 heavy (non-hydrogen) atoms. The summed E-state index contributed by atoms with van der Waals surface area (Å²) in [6.07, 6.45) is 0. The Kier molecular flexibility index (Phi) is 3.35. The van der Waals surface area contributed by atoms with Crippen LogP contribution in [0.1, 0.15) is 0 Å². The van der Waals surface area contributed by atoms with Crippen molar-refractivity contribution in [2.24, 2.45) is 0 Å². The Morgan fingerprint density at radius 1 is 1.64 bits per heavy atom. The van der Waals surface area contributed by atoms with Gasteiger partial charge in [-0.2, -0.15) is 0 Å². The molecular formula is C8H7INO. The van der Waals surface area contributed by atoms with E-state index in [4.69, 9.17) is 0 Å². The lowest BCUT2D eigenvalue weighted by Gasteiger charge is -1.99. The van der Waals surface area contributed by atoms with Gasteiger partial charge in [0, 0.05) is 11.8 Å². The van der Waals surface area contributed by atoms with Crippen LogP contribution in [-0.4, -0.2) is 10.3 Å². The van der Waals surface area contributed by atoms with Crippen LogP contribution in [0, 0.1) is 6.07 Å². The highest BCUT2D eigenvalue weighted by Crippen LogP contribution is 2.03. The molecule has 0 aliphatic heterocycles. The van der Waals surface area contributed by atoms with Crippen molar-refractivity contribution < 1.29 is 4.79 Å². The lowest BCUT2D eigenvalue weighted by atomic mass is 10.3. The highest BCUT2D eigenvalue weighted by Gasteiger charge is 1.96. The van der Waals surface area contributed by atoms with Gasteiger partial charge in [0.2, 0.25) is 5.91 Å². The van der Waals surface area contributed by atoms with E-state index in [0.29, 0.717) is 4.43 Å². The third kappa shape index (κ3) is 2.88. The molecule has 0 aliphatic carbocycles. The molecule has 1 N–H and O–H groups in total. The van der Waals surface area contributed by atoms with Crippen molar-refractivity contribution in [3.63, 3.8) is 0 Å². The zero-order valence-corrected chi connectivity index (χ0v) is 7.96. The molecule has 3 heteroatoms. The molecule has 0 saturated carbocycles. The number of amides is 1. The van der Waals surface area contributed by atoms with E-state index in [9.17, 15) is 4.79 Å². The van der Waals surface area contributed by atoms with E-state index in [1.807, 2.05) is 40.8 Å². The van der Waals surface area contributed by atoms with Gasteiger partial charge in [0.1, 0.15) is 0 Å². The Morgan fingerprint density at radius 3 is 3.00 bits per heavy atom. The van der Waals surface area contributed by atoms with Crippen molar-refractivity contribution in [1.82, 2.24) is 0 Å². The number of benzene rings is 1. The smallest absolute Gasteiger partial charge is 0.234 e.